The highest BCUT2D eigenvalue weighted by Crippen LogP contribution is 2.54. The minimum Gasteiger partial charge on any atom is -0.399 e. The Labute approximate surface area is 475 Å². The molecule has 82 heavy (non-hydrogen) atoms. The first-order chi connectivity index (χ1) is 38.3. The molecule has 426 valence electrons. The minimum atomic E-state index is -3.85. The van der Waals surface area contributed by atoms with Gasteiger partial charge in [0.15, 0.2) is 23.0 Å². The minimum absolute atomic E-state index is 0.0365. The zero-order valence-electron chi connectivity index (χ0n) is 44.2. The van der Waals surface area contributed by atoms with E-state index in [4.69, 9.17) is 9.31 Å². The highest BCUT2D eigenvalue weighted by Gasteiger charge is 2.55. The maximum Gasteiger partial charge on any atom is 0.586 e. The summed E-state index contributed by atoms with van der Waals surface area (Å²) in [6.07, 6.45) is -5.11. The summed E-state index contributed by atoms with van der Waals surface area (Å²) >= 11 is 3.16. The summed E-state index contributed by atoms with van der Waals surface area (Å²) in [4.78, 5) is 49.7. The lowest BCUT2D eigenvalue weighted by Crippen LogP contribution is -2.41. The summed E-state index contributed by atoms with van der Waals surface area (Å²) in [5.41, 5.74) is 3.96. The molecule has 26 heteroatoms. The molecular weight excluding hydrogens is 1180 g/mol. The van der Waals surface area contributed by atoms with Crippen molar-refractivity contribution in [1.29, 1.82) is 0 Å². The normalized spacial score (nSPS) is 20.5. The van der Waals surface area contributed by atoms with Gasteiger partial charge in [0, 0.05) is 15.8 Å². The molecule has 0 bridgehead atoms. The zero-order chi connectivity index (χ0) is 58.9. The Hall–Kier alpha value is -7.52. The molecule has 3 fully saturated rings. The third-order valence-electron chi connectivity index (χ3n) is 15.6. The maximum absolute atomic E-state index is 13.4. The van der Waals surface area contributed by atoms with E-state index in [0.717, 1.165) is 16.6 Å². The van der Waals surface area contributed by atoms with E-state index in [0.29, 0.717) is 63.8 Å². The molecule has 0 unspecified atom stereocenters. The number of hydrogen-bond donors (Lipinski definition) is 4. The average molecular weight is 1230 g/mol. The Balaban J connectivity index is 0.000000142. The van der Waals surface area contributed by atoms with E-state index in [2.05, 4.69) is 45.5 Å². The van der Waals surface area contributed by atoms with E-state index in [1.165, 1.54) is 48.5 Å². The number of hydrogen-bond acceptors (Lipinski definition) is 14. The number of nitrogens with one attached hydrogen (secondary N) is 4. The first-order valence-corrected chi connectivity index (χ1v) is 29.1. The van der Waals surface area contributed by atoms with Gasteiger partial charge >= 0.3 is 19.7 Å². The van der Waals surface area contributed by atoms with Gasteiger partial charge in [-0.1, -0.05) is 51.8 Å². The van der Waals surface area contributed by atoms with Crippen LogP contribution in [0.5, 0.6) is 23.0 Å². The van der Waals surface area contributed by atoms with E-state index in [-0.39, 0.29) is 55.7 Å². The fraction of sp³-hybridized carbons (Fsp3) is 0.286. The fourth-order valence-electron chi connectivity index (χ4n) is 9.98. The monoisotopic (exact) mass is 1230 g/mol. The third-order valence-corrected chi connectivity index (χ3v) is 18.8. The molecule has 1 saturated heterocycles. The predicted molar refractivity (Wildman–Crippen MR) is 291 cm³/mol. The number of aryl methyl sites for hydroxylation is 2. The Kier molecular flexibility index (Phi) is 13.3. The van der Waals surface area contributed by atoms with Gasteiger partial charge in [-0.3, -0.25) is 19.2 Å². The summed E-state index contributed by atoms with van der Waals surface area (Å²) in [5, 5.41) is 5.89. The van der Waals surface area contributed by atoms with Crippen LogP contribution in [0.1, 0.15) is 96.3 Å². The van der Waals surface area contributed by atoms with E-state index in [9.17, 15) is 53.6 Å². The molecule has 6 aromatic rings. The molecule has 7 aliphatic rings. The van der Waals surface area contributed by atoms with Gasteiger partial charge in [0.05, 0.1) is 33.2 Å². The number of alkyl halides is 4. The number of carbonyl (C=O) groups is 4. The molecule has 4 amide bonds. The molecule has 6 aromatic carbocycles. The number of sulfonamides is 2. The van der Waals surface area contributed by atoms with Gasteiger partial charge in [-0.25, -0.2) is 26.3 Å². The van der Waals surface area contributed by atoms with Crippen LogP contribution in [-0.4, -0.2) is 71.4 Å². The molecule has 5 aliphatic heterocycles. The van der Waals surface area contributed by atoms with Crippen molar-refractivity contribution >= 4 is 83.6 Å². The van der Waals surface area contributed by atoms with Crippen LogP contribution in [0.3, 0.4) is 0 Å². The van der Waals surface area contributed by atoms with Crippen molar-refractivity contribution in [3.8, 4) is 34.1 Å². The number of amides is 4. The molecule has 0 atom stereocenters. The van der Waals surface area contributed by atoms with Crippen molar-refractivity contribution in [2.75, 3.05) is 10.6 Å². The summed E-state index contributed by atoms with van der Waals surface area (Å²) in [6, 6.07) is 28.7. The first kappa shape index (κ1) is 56.4. The molecule has 5 heterocycles. The Morgan fingerprint density at radius 1 is 0.537 bits per heavy atom. The van der Waals surface area contributed by atoms with E-state index < -0.39 is 73.6 Å². The van der Waals surface area contributed by atoms with Crippen LogP contribution in [0.4, 0.5) is 28.9 Å². The lowest BCUT2D eigenvalue weighted by molar-refractivity contribution is -0.287. The van der Waals surface area contributed by atoms with Gasteiger partial charge in [0.1, 0.15) is 9.79 Å². The van der Waals surface area contributed by atoms with Crippen LogP contribution < -0.4 is 44.5 Å². The van der Waals surface area contributed by atoms with E-state index >= 15 is 0 Å². The van der Waals surface area contributed by atoms with E-state index in [1.807, 2.05) is 69.2 Å². The number of rotatable bonds is 8. The number of anilines is 2. The Morgan fingerprint density at radius 2 is 0.976 bits per heavy atom. The fourth-order valence-corrected chi connectivity index (χ4v) is 12.6. The summed E-state index contributed by atoms with van der Waals surface area (Å²) < 4.78 is 135. The number of fused-ring (bicyclic) bond motifs is 4. The second-order valence-electron chi connectivity index (χ2n) is 21.6. The molecule has 0 radical (unpaired) electrons. The summed E-state index contributed by atoms with van der Waals surface area (Å²) in [5.74, 6) is -2.04. The first-order valence-electron chi connectivity index (χ1n) is 25.4. The van der Waals surface area contributed by atoms with Crippen LogP contribution in [-0.2, 0) is 49.8 Å². The quantitative estimate of drug-likeness (QED) is 0.0821. The van der Waals surface area contributed by atoms with Crippen LogP contribution in [0.25, 0.3) is 11.1 Å². The van der Waals surface area contributed by atoms with Crippen LogP contribution in [0, 0.1) is 13.8 Å². The Morgan fingerprint density at radius 3 is 1.46 bits per heavy atom. The maximum atomic E-state index is 13.4. The zero-order valence-corrected chi connectivity index (χ0v) is 47.4. The third kappa shape index (κ3) is 10.3. The van der Waals surface area contributed by atoms with Gasteiger partial charge in [-0.15, -0.1) is 17.6 Å². The molecule has 18 nitrogen and oxygen atoms in total. The van der Waals surface area contributed by atoms with Crippen LogP contribution >= 0.6 is 15.9 Å². The molecule has 0 aromatic heterocycles. The highest BCUT2D eigenvalue weighted by molar-refractivity contribution is 9.10. The molecule has 4 N–H and O–H groups in total. The van der Waals surface area contributed by atoms with Gasteiger partial charge < -0.3 is 38.9 Å². The Bertz CT molecular complexity index is 3990. The standard InChI is InChI=1S/C25H18F2N2O6S.C24H26BF2NO5.C7H4BrNO3S/c1-13-2-5-16(12-17(13)14-3-7-21-18(10-14)22(30)29-36(21,32)33)28-23(31)24(8-9-24)15-4-6-19-20(11-15)35-25(26,27)34-19;1-14-6-8-16(13-17(14)25-32-21(2,3)22(4,5)33-25)28-20(29)23(10-11-23)15-7-9-18-19(12-15)31-24(26,27)30-18;8-4-1-2-6-5(3-4)7(10)9-13(6,11)12/h2-7,10-12H,8-9H2,1H3,(H,28,31)(H,29,30);6-9,12-13H,10-11H2,1-5H3,(H,28,29);1-3H,(H,9,10). The van der Waals surface area contributed by atoms with Crippen LogP contribution in [0.2, 0.25) is 0 Å². The largest absolute Gasteiger partial charge is 0.586 e. The molecule has 13 rings (SSSR count). The van der Waals surface area contributed by atoms with Crippen LogP contribution in [0.15, 0.2) is 123 Å². The van der Waals surface area contributed by atoms with Crippen molar-refractivity contribution in [1.82, 2.24) is 9.44 Å². The predicted octanol–water partition coefficient (Wildman–Crippen LogP) is 9.25. The second-order valence-corrected chi connectivity index (χ2v) is 25.9. The molecule has 0 spiro atoms. The highest BCUT2D eigenvalue weighted by atomic mass is 79.9. The smallest absolute Gasteiger partial charge is 0.399 e. The number of carbonyl (C=O) groups excluding carboxylic acids is 4. The van der Waals surface area contributed by atoms with Crippen molar-refractivity contribution in [3.63, 3.8) is 0 Å². The van der Waals surface area contributed by atoms with Crippen molar-refractivity contribution < 1.29 is 81.8 Å². The number of benzene rings is 6. The second kappa shape index (κ2) is 19.3. The van der Waals surface area contributed by atoms with Crippen molar-refractivity contribution in [2.45, 2.75) is 112 Å². The average Bonchev–Trinajstić information content (AvgIpc) is 4.34. The van der Waals surface area contributed by atoms with E-state index in [1.54, 1.807) is 42.5 Å². The molecule has 2 aliphatic carbocycles. The van der Waals surface area contributed by atoms with Crippen molar-refractivity contribution in [2.24, 2.45) is 0 Å². The van der Waals surface area contributed by atoms with Gasteiger partial charge in [-0.2, -0.15) is 0 Å². The lowest BCUT2D eigenvalue weighted by atomic mass is 9.76. The van der Waals surface area contributed by atoms with Gasteiger partial charge in [-0.05, 0) is 179 Å². The van der Waals surface area contributed by atoms with Gasteiger partial charge in [0.25, 0.3) is 31.9 Å². The molecule has 2 saturated carbocycles. The van der Waals surface area contributed by atoms with Gasteiger partial charge in [0.2, 0.25) is 11.8 Å². The SMILES string of the molecule is Cc1ccc(NC(=O)C2(c3ccc4c(c3)OC(F)(F)O4)CC2)cc1-c1ccc2c(c1)C(=O)NS2(=O)=O.Cc1ccc(NC(=O)C2(c3ccc4c(c3)OC(F)(F)O4)CC2)cc1B1OC(C)(C)C(C)(C)O1.O=C1NS(=O)(=O)c2ccc(Br)cc21. The summed E-state index contributed by atoms with van der Waals surface area (Å²) in [7, 11) is -7.99. The lowest BCUT2D eigenvalue weighted by Gasteiger charge is -2.32. The number of ether oxygens (including phenoxy) is 4. The van der Waals surface area contributed by atoms with Crippen molar-refractivity contribution in [3.05, 3.63) is 147 Å². The number of halogens is 5. The molecular formula is C56H48BBrF4N4O14S2. The topological polar surface area (TPSA) is 240 Å². The summed E-state index contributed by atoms with van der Waals surface area (Å²) in [6.45, 7) is 11.8.